The first-order valence-electron chi connectivity index (χ1n) is 7.76. The van der Waals surface area contributed by atoms with Crippen molar-refractivity contribution in [3.63, 3.8) is 0 Å². The molecule has 8 heteroatoms. The molecule has 26 heavy (non-hydrogen) atoms. The van der Waals surface area contributed by atoms with Gasteiger partial charge in [0.25, 0.3) is 0 Å². The summed E-state index contributed by atoms with van der Waals surface area (Å²) in [5, 5.41) is 1.94. The number of sulfonamides is 1. The van der Waals surface area contributed by atoms with Gasteiger partial charge in [-0.15, -0.1) is 11.3 Å². The monoisotopic (exact) mass is 391 g/mol. The number of furan rings is 1. The third-order valence-corrected chi connectivity index (χ3v) is 6.26. The van der Waals surface area contributed by atoms with Crippen molar-refractivity contribution < 1.29 is 22.4 Å². The summed E-state index contributed by atoms with van der Waals surface area (Å²) >= 11 is 1.54. The van der Waals surface area contributed by atoms with Gasteiger partial charge in [0.05, 0.1) is 29.7 Å². The fourth-order valence-corrected chi connectivity index (χ4v) is 4.37. The Morgan fingerprint density at radius 1 is 1.19 bits per heavy atom. The van der Waals surface area contributed by atoms with Gasteiger partial charge in [-0.1, -0.05) is 6.07 Å². The molecule has 136 valence electrons. The molecular formula is C18H17NO5S2. The summed E-state index contributed by atoms with van der Waals surface area (Å²) in [5.41, 5.74) is 0.290. The Hall–Kier alpha value is -2.42. The molecule has 0 radical (unpaired) electrons. The molecule has 6 nitrogen and oxygen atoms in total. The lowest BCUT2D eigenvalue weighted by molar-refractivity contribution is 0.0600. The van der Waals surface area contributed by atoms with Gasteiger partial charge in [0, 0.05) is 11.4 Å². The number of esters is 1. The Bertz CT molecular complexity index is 911. The second-order valence-electron chi connectivity index (χ2n) is 5.45. The molecule has 0 unspecified atom stereocenters. The van der Waals surface area contributed by atoms with Crippen molar-refractivity contribution in [2.75, 3.05) is 13.7 Å². The molecule has 0 amide bonds. The lowest BCUT2D eigenvalue weighted by Gasteiger charge is -2.14. The number of ether oxygens (including phenoxy) is 1. The maximum absolute atomic E-state index is 12.6. The van der Waals surface area contributed by atoms with Crippen LogP contribution in [0.1, 0.15) is 26.9 Å². The Balaban J connectivity index is 1.77. The zero-order valence-corrected chi connectivity index (χ0v) is 15.5. The third-order valence-electron chi connectivity index (χ3n) is 3.84. The minimum absolute atomic E-state index is 0.0783. The summed E-state index contributed by atoms with van der Waals surface area (Å²) in [6.07, 6.45) is 1.57. The van der Waals surface area contributed by atoms with Crippen LogP contribution in [0.3, 0.4) is 0 Å². The number of hydrogen-bond acceptors (Lipinski definition) is 6. The molecule has 0 aliphatic heterocycles. The van der Waals surface area contributed by atoms with E-state index in [0.717, 1.165) is 4.88 Å². The lowest BCUT2D eigenvalue weighted by Crippen LogP contribution is -2.28. The van der Waals surface area contributed by atoms with Gasteiger partial charge < -0.3 is 9.15 Å². The molecule has 1 aromatic carbocycles. The fourth-order valence-electron chi connectivity index (χ4n) is 2.48. The first-order chi connectivity index (χ1) is 12.5. The van der Waals surface area contributed by atoms with Gasteiger partial charge >= 0.3 is 5.97 Å². The molecule has 0 saturated carbocycles. The molecule has 0 aliphatic carbocycles. The number of methoxy groups -OCH3 is 1. The highest BCUT2D eigenvalue weighted by molar-refractivity contribution is 7.89. The van der Waals surface area contributed by atoms with Crippen molar-refractivity contribution >= 4 is 27.3 Å². The predicted octanol–water partition coefficient (Wildman–Crippen LogP) is 3.24. The van der Waals surface area contributed by atoms with E-state index in [0.29, 0.717) is 11.3 Å². The summed E-state index contributed by atoms with van der Waals surface area (Å²) in [6.45, 7) is 0.162. The van der Waals surface area contributed by atoms with Crippen LogP contribution in [0, 0.1) is 0 Å². The van der Waals surface area contributed by atoms with Gasteiger partial charge in [0.1, 0.15) is 5.76 Å². The second kappa shape index (κ2) is 7.86. The summed E-state index contributed by atoms with van der Waals surface area (Å²) in [5.74, 6) is -0.0391. The van der Waals surface area contributed by atoms with Crippen molar-refractivity contribution in [2.24, 2.45) is 0 Å². The zero-order chi connectivity index (χ0) is 18.6. The minimum Gasteiger partial charge on any atom is -0.469 e. The van der Waals surface area contributed by atoms with Crippen LogP contribution in [0.2, 0.25) is 0 Å². The van der Waals surface area contributed by atoms with Crippen molar-refractivity contribution in [1.82, 2.24) is 4.72 Å². The van der Waals surface area contributed by atoms with E-state index in [9.17, 15) is 13.2 Å². The maximum Gasteiger partial charge on any atom is 0.337 e. The molecule has 2 heterocycles. The quantitative estimate of drug-likeness (QED) is 0.625. The van der Waals surface area contributed by atoms with Crippen LogP contribution in [0.15, 0.2) is 69.5 Å². The number of hydrogen-bond donors (Lipinski definition) is 1. The summed E-state index contributed by atoms with van der Waals surface area (Å²) in [7, 11) is -2.45. The highest BCUT2D eigenvalue weighted by Crippen LogP contribution is 2.28. The van der Waals surface area contributed by atoms with Gasteiger partial charge in [-0.25, -0.2) is 17.9 Å². The van der Waals surface area contributed by atoms with Crippen LogP contribution >= 0.6 is 11.3 Å². The van der Waals surface area contributed by atoms with E-state index in [2.05, 4.69) is 9.46 Å². The van der Waals surface area contributed by atoms with Crippen molar-refractivity contribution in [2.45, 2.75) is 10.8 Å². The van der Waals surface area contributed by atoms with Crippen LogP contribution < -0.4 is 4.72 Å². The molecule has 1 N–H and O–H groups in total. The average molecular weight is 391 g/mol. The first-order valence-corrected chi connectivity index (χ1v) is 10.1. The van der Waals surface area contributed by atoms with Crippen molar-refractivity contribution in [3.8, 4) is 0 Å². The van der Waals surface area contributed by atoms with E-state index < -0.39 is 16.0 Å². The number of carbonyl (C=O) groups is 1. The number of rotatable bonds is 7. The summed E-state index contributed by atoms with van der Waals surface area (Å²) < 4.78 is 37.8. The van der Waals surface area contributed by atoms with E-state index in [-0.39, 0.29) is 17.4 Å². The van der Waals surface area contributed by atoms with E-state index >= 15 is 0 Å². The first kappa shape index (κ1) is 18.4. The molecule has 0 saturated heterocycles. The van der Waals surface area contributed by atoms with Gasteiger partial charge in [0.15, 0.2) is 0 Å². The SMILES string of the molecule is COC(=O)c1ccc(S(=O)(=O)NC[C@H](c2ccco2)c2cccs2)cc1. The minimum atomic E-state index is -3.73. The highest BCUT2D eigenvalue weighted by atomic mass is 32.2. The molecule has 0 bridgehead atoms. The predicted molar refractivity (Wildman–Crippen MR) is 97.8 cm³/mol. The van der Waals surface area contributed by atoms with Gasteiger partial charge in [-0.2, -0.15) is 0 Å². The fraction of sp³-hybridized carbons (Fsp3) is 0.167. The zero-order valence-electron chi connectivity index (χ0n) is 13.9. The molecule has 3 aromatic rings. The molecular weight excluding hydrogens is 374 g/mol. The Kier molecular flexibility index (Phi) is 5.55. The Morgan fingerprint density at radius 2 is 1.96 bits per heavy atom. The standard InChI is InChI=1S/C18H17NO5S2/c1-23-18(20)13-6-8-14(9-7-13)26(21,22)19-12-15(16-4-2-10-24-16)17-5-3-11-25-17/h2-11,15,19H,12H2,1H3/t15-/m1/s1. The molecule has 3 rings (SSSR count). The Morgan fingerprint density at radius 3 is 2.54 bits per heavy atom. The van der Waals surface area contributed by atoms with Crippen LogP contribution in [0.25, 0.3) is 0 Å². The topological polar surface area (TPSA) is 85.6 Å². The van der Waals surface area contributed by atoms with Crippen LogP contribution in [0.4, 0.5) is 0 Å². The normalized spacial score (nSPS) is 12.7. The highest BCUT2D eigenvalue weighted by Gasteiger charge is 2.22. The number of thiophene rings is 1. The molecule has 2 aromatic heterocycles. The van der Waals surface area contributed by atoms with E-state index in [1.165, 1.54) is 42.7 Å². The summed E-state index contributed by atoms with van der Waals surface area (Å²) in [4.78, 5) is 12.5. The van der Waals surface area contributed by atoms with E-state index in [1.54, 1.807) is 12.3 Å². The largest absolute Gasteiger partial charge is 0.469 e. The number of nitrogens with one attached hydrogen (secondary N) is 1. The molecule has 0 spiro atoms. The van der Waals surface area contributed by atoms with Gasteiger partial charge in [0.2, 0.25) is 10.0 Å². The van der Waals surface area contributed by atoms with E-state index in [4.69, 9.17) is 4.42 Å². The van der Waals surface area contributed by atoms with Crippen LogP contribution in [-0.4, -0.2) is 28.0 Å². The lowest BCUT2D eigenvalue weighted by atomic mass is 10.1. The average Bonchev–Trinajstić information content (AvgIpc) is 3.36. The molecule has 1 atom stereocenters. The summed E-state index contributed by atoms with van der Waals surface area (Å²) in [6, 6.07) is 13.0. The van der Waals surface area contributed by atoms with Crippen LogP contribution in [0.5, 0.6) is 0 Å². The smallest absolute Gasteiger partial charge is 0.337 e. The van der Waals surface area contributed by atoms with Crippen molar-refractivity contribution in [3.05, 3.63) is 76.4 Å². The number of carbonyl (C=O) groups excluding carboxylic acids is 1. The molecule has 0 aliphatic rings. The van der Waals surface area contributed by atoms with E-state index in [1.807, 2.05) is 23.6 Å². The van der Waals surface area contributed by atoms with Gasteiger partial charge in [-0.05, 0) is 47.8 Å². The Labute approximate surface area is 155 Å². The maximum atomic E-state index is 12.6. The molecule has 0 fully saturated rings. The van der Waals surface area contributed by atoms with Crippen LogP contribution in [-0.2, 0) is 14.8 Å². The van der Waals surface area contributed by atoms with Gasteiger partial charge in [-0.3, -0.25) is 0 Å². The second-order valence-corrected chi connectivity index (χ2v) is 8.20. The third kappa shape index (κ3) is 4.04. The number of benzene rings is 1. The van der Waals surface area contributed by atoms with Crippen molar-refractivity contribution in [1.29, 1.82) is 0 Å².